The Balaban J connectivity index is 2.69. The number of rotatable bonds is 0. The summed E-state index contributed by atoms with van der Waals surface area (Å²) >= 11 is 0. The molecule has 2 heterocycles. The molecule has 0 fully saturated rings. The molecule has 1 aromatic heterocycles. The number of cyclic esters (lactones) is 1. The minimum Gasteiger partial charge on any atom is -0.403 e. The summed E-state index contributed by atoms with van der Waals surface area (Å²) < 4.78 is 4.47. The van der Waals surface area contributed by atoms with E-state index in [0.29, 0.717) is 5.56 Å². The van der Waals surface area contributed by atoms with E-state index in [0.717, 1.165) is 0 Å². The number of fused-ring (bicyclic) bond motifs is 1. The second-order valence-corrected chi connectivity index (χ2v) is 2.01. The second kappa shape index (κ2) is 1.85. The van der Waals surface area contributed by atoms with Crippen LogP contribution in [0, 0.1) is 5.41 Å². The predicted molar refractivity (Wildman–Crippen MR) is 34.3 cm³/mol. The molecule has 0 unspecified atom stereocenters. The van der Waals surface area contributed by atoms with Crippen LogP contribution < -0.4 is 0 Å². The van der Waals surface area contributed by atoms with Gasteiger partial charge in [-0.3, -0.25) is 5.41 Å². The summed E-state index contributed by atoms with van der Waals surface area (Å²) in [5, 5.41) is 14.2. The average molecular weight is 149 g/mol. The van der Waals surface area contributed by atoms with E-state index < -0.39 is 5.97 Å². The first-order chi connectivity index (χ1) is 5.29. The average Bonchev–Trinajstić information content (AvgIpc) is 2.30. The Labute approximate surface area is 61.5 Å². The minimum atomic E-state index is -0.599. The van der Waals surface area contributed by atoms with Crippen LogP contribution in [0.1, 0.15) is 16.1 Å². The maximum atomic E-state index is 10.8. The Morgan fingerprint density at radius 2 is 2.36 bits per heavy atom. The van der Waals surface area contributed by atoms with Gasteiger partial charge in [0.2, 0.25) is 5.90 Å². The van der Waals surface area contributed by atoms with Crippen molar-refractivity contribution in [3.63, 3.8) is 0 Å². The van der Waals surface area contributed by atoms with E-state index >= 15 is 0 Å². The summed E-state index contributed by atoms with van der Waals surface area (Å²) in [5.41, 5.74) is 0.530. The number of carbonyl (C=O) groups is 1. The van der Waals surface area contributed by atoms with Gasteiger partial charge in [0.15, 0.2) is 5.69 Å². The zero-order chi connectivity index (χ0) is 7.84. The molecule has 0 radical (unpaired) electrons. The number of ether oxygens (including phenoxy) is 1. The lowest BCUT2D eigenvalue weighted by Gasteiger charge is -1.87. The highest BCUT2D eigenvalue weighted by Gasteiger charge is 2.28. The Bertz CT molecular complexity index is 314. The first-order valence-corrected chi connectivity index (χ1v) is 2.92. The third-order valence-electron chi connectivity index (χ3n) is 1.35. The SMILES string of the molecule is N=C1OC(=O)c2nnccc21. The van der Waals surface area contributed by atoms with E-state index in [1.54, 1.807) is 0 Å². The van der Waals surface area contributed by atoms with E-state index in [2.05, 4.69) is 14.9 Å². The fourth-order valence-corrected chi connectivity index (χ4v) is 0.862. The van der Waals surface area contributed by atoms with Gasteiger partial charge >= 0.3 is 5.97 Å². The van der Waals surface area contributed by atoms with Crippen molar-refractivity contribution in [2.24, 2.45) is 0 Å². The van der Waals surface area contributed by atoms with Crippen LogP contribution >= 0.6 is 0 Å². The smallest absolute Gasteiger partial charge is 0.366 e. The zero-order valence-corrected chi connectivity index (χ0v) is 5.37. The van der Waals surface area contributed by atoms with Crippen LogP contribution in [0.3, 0.4) is 0 Å². The monoisotopic (exact) mass is 149 g/mol. The van der Waals surface area contributed by atoms with Crippen LogP contribution in [0.5, 0.6) is 0 Å². The lowest BCUT2D eigenvalue weighted by atomic mass is 10.2. The van der Waals surface area contributed by atoms with Gasteiger partial charge in [0.1, 0.15) is 0 Å². The maximum absolute atomic E-state index is 10.8. The number of esters is 1. The highest BCUT2D eigenvalue weighted by molar-refractivity contribution is 6.14. The molecular weight excluding hydrogens is 146 g/mol. The molecule has 2 rings (SSSR count). The maximum Gasteiger partial charge on any atom is 0.366 e. The van der Waals surface area contributed by atoms with Crippen molar-refractivity contribution in [1.82, 2.24) is 10.2 Å². The highest BCUT2D eigenvalue weighted by Crippen LogP contribution is 2.14. The van der Waals surface area contributed by atoms with Crippen LogP contribution in [0.4, 0.5) is 0 Å². The summed E-state index contributed by atoms with van der Waals surface area (Å²) in [6.07, 6.45) is 1.41. The van der Waals surface area contributed by atoms with Gasteiger partial charge in [-0.15, -0.1) is 5.10 Å². The van der Waals surface area contributed by atoms with E-state index in [1.165, 1.54) is 12.3 Å². The molecule has 0 amide bonds. The molecule has 0 atom stereocenters. The molecular formula is C6H3N3O2. The number of nitrogens with one attached hydrogen (secondary N) is 1. The molecule has 11 heavy (non-hydrogen) atoms. The molecule has 0 saturated heterocycles. The molecule has 0 spiro atoms. The van der Waals surface area contributed by atoms with Gasteiger partial charge in [0, 0.05) is 0 Å². The zero-order valence-electron chi connectivity index (χ0n) is 5.37. The van der Waals surface area contributed by atoms with E-state index in [9.17, 15) is 4.79 Å². The van der Waals surface area contributed by atoms with Gasteiger partial charge in [-0.05, 0) is 6.07 Å². The van der Waals surface area contributed by atoms with Crippen molar-refractivity contribution in [3.05, 3.63) is 23.5 Å². The standard InChI is InChI=1S/C6H3N3O2/c7-5-3-1-2-8-9-4(3)6(10)11-5/h1-2,7H. The van der Waals surface area contributed by atoms with Gasteiger partial charge < -0.3 is 4.74 Å². The molecule has 1 aliphatic rings. The molecule has 0 bridgehead atoms. The third-order valence-corrected chi connectivity index (χ3v) is 1.35. The second-order valence-electron chi connectivity index (χ2n) is 2.01. The van der Waals surface area contributed by atoms with E-state index in [-0.39, 0.29) is 11.6 Å². The van der Waals surface area contributed by atoms with Crippen molar-refractivity contribution >= 4 is 11.9 Å². The number of aromatic nitrogens is 2. The van der Waals surface area contributed by atoms with E-state index in [1.807, 2.05) is 0 Å². The molecule has 5 heteroatoms. The quantitative estimate of drug-likeness (QED) is 0.525. The van der Waals surface area contributed by atoms with Crippen LogP contribution in [0.2, 0.25) is 0 Å². The summed E-state index contributed by atoms with van der Waals surface area (Å²) in [6.45, 7) is 0. The summed E-state index contributed by atoms with van der Waals surface area (Å²) in [6, 6.07) is 1.52. The molecule has 5 nitrogen and oxygen atoms in total. The molecule has 1 N–H and O–H groups in total. The Morgan fingerprint density at radius 3 is 3.09 bits per heavy atom. The van der Waals surface area contributed by atoms with E-state index in [4.69, 9.17) is 5.41 Å². The van der Waals surface area contributed by atoms with Crippen molar-refractivity contribution < 1.29 is 9.53 Å². The fourth-order valence-electron chi connectivity index (χ4n) is 0.862. The molecule has 0 aromatic carbocycles. The van der Waals surface area contributed by atoms with Crippen LogP contribution in [0.25, 0.3) is 0 Å². The van der Waals surface area contributed by atoms with Gasteiger partial charge in [0.05, 0.1) is 11.8 Å². The van der Waals surface area contributed by atoms with Crippen molar-refractivity contribution in [2.75, 3.05) is 0 Å². The van der Waals surface area contributed by atoms with Crippen molar-refractivity contribution in [2.45, 2.75) is 0 Å². The first-order valence-electron chi connectivity index (χ1n) is 2.92. The molecule has 1 aliphatic heterocycles. The van der Waals surface area contributed by atoms with Crippen molar-refractivity contribution in [1.29, 1.82) is 5.41 Å². The number of hydrogen-bond donors (Lipinski definition) is 1. The Morgan fingerprint density at radius 1 is 1.55 bits per heavy atom. The fraction of sp³-hybridized carbons (Fsp3) is 0. The van der Waals surface area contributed by atoms with Gasteiger partial charge in [-0.25, -0.2) is 4.79 Å². The minimum absolute atomic E-state index is 0.123. The third kappa shape index (κ3) is 0.706. The summed E-state index contributed by atoms with van der Waals surface area (Å²) in [4.78, 5) is 10.8. The highest BCUT2D eigenvalue weighted by atomic mass is 16.5. The largest absolute Gasteiger partial charge is 0.403 e. The Kier molecular flexibility index (Phi) is 1.00. The molecule has 0 saturated carbocycles. The van der Waals surface area contributed by atoms with Gasteiger partial charge in [-0.2, -0.15) is 5.10 Å². The van der Waals surface area contributed by atoms with Crippen LogP contribution in [-0.4, -0.2) is 22.1 Å². The topological polar surface area (TPSA) is 75.9 Å². The lowest BCUT2D eigenvalue weighted by molar-refractivity contribution is 0.0729. The summed E-state index contributed by atoms with van der Waals surface area (Å²) in [5.74, 6) is -0.752. The van der Waals surface area contributed by atoms with Gasteiger partial charge in [0.25, 0.3) is 0 Å². The summed E-state index contributed by atoms with van der Waals surface area (Å²) in [7, 11) is 0. The number of nitrogens with zero attached hydrogens (tertiary/aromatic N) is 2. The molecule has 0 aliphatic carbocycles. The van der Waals surface area contributed by atoms with Crippen LogP contribution in [0.15, 0.2) is 12.3 Å². The van der Waals surface area contributed by atoms with Crippen molar-refractivity contribution in [3.8, 4) is 0 Å². The number of hydrogen-bond acceptors (Lipinski definition) is 5. The number of carbonyl (C=O) groups excluding carboxylic acids is 1. The molecule has 1 aromatic rings. The normalized spacial score (nSPS) is 14.5. The molecule has 54 valence electrons. The lowest BCUT2D eigenvalue weighted by Crippen LogP contribution is -1.98. The van der Waals surface area contributed by atoms with Gasteiger partial charge in [-0.1, -0.05) is 0 Å². The van der Waals surface area contributed by atoms with Crippen LogP contribution in [-0.2, 0) is 4.74 Å². The Hall–Kier alpha value is -1.78. The first kappa shape index (κ1) is 5.96. The predicted octanol–water partition coefficient (Wildman–Crippen LogP) is -0.0276.